The Morgan fingerprint density at radius 1 is 1.06 bits per heavy atom. The van der Waals surface area contributed by atoms with Crippen LogP contribution in [0.3, 0.4) is 0 Å². The van der Waals surface area contributed by atoms with E-state index in [9.17, 15) is 14.4 Å². The molecule has 0 aromatic heterocycles. The number of unbranched alkanes of at least 4 members (excludes halogenated alkanes) is 3. The first kappa shape index (κ1) is 27.3. The Balaban J connectivity index is 1.87. The normalized spacial score (nSPS) is 15.1. The summed E-state index contributed by atoms with van der Waals surface area (Å²) < 4.78 is 21.5. The van der Waals surface area contributed by atoms with E-state index in [4.69, 9.17) is 24.7 Å². The molecule has 1 aromatic carbocycles. The van der Waals surface area contributed by atoms with E-state index in [1.807, 2.05) is 0 Å². The van der Waals surface area contributed by atoms with Crippen LogP contribution in [-0.2, 0) is 19.1 Å². The summed E-state index contributed by atoms with van der Waals surface area (Å²) in [6.07, 6.45) is 6.25. The van der Waals surface area contributed by atoms with Gasteiger partial charge in [-0.15, -0.1) is 0 Å². The molecule has 0 saturated carbocycles. The number of nitrogens with zero attached hydrogens (tertiary/aromatic N) is 1. The summed E-state index contributed by atoms with van der Waals surface area (Å²) in [6.45, 7) is 5.09. The van der Waals surface area contributed by atoms with Crippen molar-refractivity contribution in [2.45, 2.75) is 71.3 Å². The van der Waals surface area contributed by atoms with E-state index in [0.717, 1.165) is 44.9 Å². The number of hydrogen-bond donors (Lipinski definition) is 1. The lowest BCUT2D eigenvalue weighted by Gasteiger charge is -2.25. The van der Waals surface area contributed by atoms with Crippen LogP contribution in [0, 0.1) is 0 Å². The lowest BCUT2D eigenvalue weighted by molar-refractivity contribution is -0.144. The largest absolute Gasteiger partial charge is 0.493 e. The molecule has 1 aliphatic rings. The van der Waals surface area contributed by atoms with E-state index in [-0.39, 0.29) is 30.5 Å². The third kappa shape index (κ3) is 8.43. The molecule has 1 heterocycles. The van der Waals surface area contributed by atoms with Crippen LogP contribution in [0.2, 0.25) is 0 Å². The van der Waals surface area contributed by atoms with Crippen molar-refractivity contribution in [3.05, 3.63) is 17.7 Å². The van der Waals surface area contributed by atoms with E-state index in [1.165, 1.54) is 14.0 Å². The summed E-state index contributed by atoms with van der Waals surface area (Å²) in [7, 11) is 1.51. The maximum Gasteiger partial charge on any atom is 0.305 e. The standard InChI is InChI=1S/C25H38N2O7/c1-4-5-13-33-24(29)11-7-6-8-14-32-23-16-21(26)20(15-22(23)31-3)25(30)27-12-9-10-19(27)17-34-18(2)28/h15-16,19H,4-14,17,26H2,1-3H3/t19-/m0/s1. The Morgan fingerprint density at radius 2 is 1.85 bits per heavy atom. The van der Waals surface area contributed by atoms with Gasteiger partial charge in [-0.25, -0.2) is 0 Å². The Labute approximate surface area is 201 Å². The minimum Gasteiger partial charge on any atom is -0.493 e. The summed E-state index contributed by atoms with van der Waals surface area (Å²) in [5, 5.41) is 0. The molecule has 9 nitrogen and oxygen atoms in total. The molecule has 9 heteroatoms. The molecule has 1 amide bonds. The van der Waals surface area contributed by atoms with Crippen LogP contribution < -0.4 is 15.2 Å². The van der Waals surface area contributed by atoms with Gasteiger partial charge in [-0.3, -0.25) is 14.4 Å². The second-order valence-electron chi connectivity index (χ2n) is 8.42. The zero-order chi connectivity index (χ0) is 24.9. The van der Waals surface area contributed by atoms with Gasteiger partial charge in [0.15, 0.2) is 11.5 Å². The Morgan fingerprint density at radius 3 is 2.56 bits per heavy atom. The molecule has 1 saturated heterocycles. The number of methoxy groups -OCH3 is 1. The zero-order valence-electron chi connectivity index (χ0n) is 20.6. The fourth-order valence-electron chi connectivity index (χ4n) is 3.81. The van der Waals surface area contributed by atoms with Crippen molar-refractivity contribution in [2.24, 2.45) is 0 Å². The molecular weight excluding hydrogens is 440 g/mol. The number of rotatable bonds is 14. The molecule has 0 bridgehead atoms. The number of carbonyl (C=O) groups excluding carboxylic acids is 3. The van der Waals surface area contributed by atoms with E-state index in [1.54, 1.807) is 17.0 Å². The van der Waals surface area contributed by atoms with Crippen LogP contribution in [-0.4, -0.2) is 62.3 Å². The van der Waals surface area contributed by atoms with Crippen molar-refractivity contribution in [1.29, 1.82) is 0 Å². The number of ether oxygens (including phenoxy) is 4. The first-order chi connectivity index (χ1) is 16.4. The van der Waals surface area contributed by atoms with Crippen molar-refractivity contribution >= 4 is 23.5 Å². The summed E-state index contributed by atoms with van der Waals surface area (Å²) in [5.41, 5.74) is 6.83. The maximum atomic E-state index is 13.1. The van der Waals surface area contributed by atoms with Gasteiger partial charge in [-0.1, -0.05) is 13.3 Å². The lowest BCUT2D eigenvalue weighted by atomic mass is 10.1. The van der Waals surface area contributed by atoms with E-state index < -0.39 is 0 Å². The van der Waals surface area contributed by atoms with Gasteiger partial charge >= 0.3 is 11.9 Å². The highest BCUT2D eigenvalue weighted by Crippen LogP contribution is 2.34. The average molecular weight is 479 g/mol. The highest BCUT2D eigenvalue weighted by Gasteiger charge is 2.31. The Bertz CT molecular complexity index is 828. The second-order valence-corrected chi connectivity index (χ2v) is 8.42. The molecule has 0 aliphatic carbocycles. The van der Waals surface area contributed by atoms with Gasteiger partial charge in [0.2, 0.25) is 0 Å². The molecule has 1 aliphatic heterocycles. The minimum absolute atomic E-state index is 0.155. The molecule has 0 spiro atoms. The number of nitrogens with two attached hydrogens (primary N) is 1. The summed E-state index contributed by atoms with van der Waals surface area (Å²) >= 11 is 0. The molecular formula is C25H38N2O7. The highest BCUT2D eigenvalue weighted by atomic mass is 16.5. The lowest BCUT2D eigenvalue weighted by Crippen LogP contribution is -2.39. The number of amides is 1. The number of hydrogen-bond acceptors (Lipinski definition) is 8. The first-order valence-corrected chi connectivity index (χ1v) is 12.1. The summed E-state index contributed by atoms with van der Waals surface area (Å²) in [6, 6.07) is 3.04. The molecule has 1 fully saturated rings. The molecule has 1 aromatic rings. The third-order valence-corrected chi connectivity index (χ3v) is 5.73. The van der Waals surface area contributed by atoms with Crippen LogP contribution >= 0.6 is 0 Å². The molecule has 0 unspecified atom stereocenters. The summed E-state index contributed by atoms with van der Waals surface area (Å²) in [4.78, 5) is 37.6. The molecule has 0 radical (unpaired) electrons. The smallest absolute Gasteiger partial charge is 0.305 e. The van der Waals surface area contributed by atoms with Crippen molar-refractivity contribution < 1.29 is 33.3 Å². The van der Waals surface area contributed by atoms with E-state index in [0.29, 0.717) is 48.9 Å². The quantitative estimate of drug-likeness (QED) is 0.244. The molecule has 2 rings (SSSR count). The van der Waals surface area contributed by atoms with Crippen molar-refractivity contribution in [3.63, 3.8) is 0 Å². The van der Waals surface area contributed by atoms with Crippen molar-refractivity contribution in [3.8, 4) is 11.5 Å². The number of anilines is 1. The highest BCUT2D eigenvalue weighted by molar-refractivity contribution is 6.00. The number of esters is 2. The second kappa shape index (κ2) is 14.3. The first-order valence-electron chi connectivity index (χ1n) is 12.1. The predicted octanol–water partition coefficient (Wildman–Crippen LogP) is 3.73. The third-order valence-electron chi connectivity index (χ3n) is 5.73. The van der Waals surface area contributed by atoms with Gasteiger partial charge < -0.3 is 29.6 Å². The zero-order valence-corrected chi connectivity index (χ0v) is 20.6. The molecule has 1 atom stereocenters. The SMILES string of the molecule is CCCCOC(=O)CCCCCOc1cc(N)c(C(=O)N2CCC[C@H]2COC(C)=O)cc1OC. The van der Waals surface area contributed by atoms with Crippen LogP contribution in [0.4, 0.5) is 5.69 Å². The van der Waals surface area contributed by atoms with Gasteiger partial charge in [-0.05, 0) is 44.6 Å². The Kier molecular flexibility index (Phi) is 11.5. The van der Waals surface area contributed by atoms with E-state index in [2.05, 4.69) is 6.92 Å². The average Bonchev–Trinajstić information content (AvgIpc) is 3.28. The van der Waals surface area contributed by atoms with Gasteiger partial charge in [0.05, 0.1) is 31.9 Å². The van der Waals surface area contributed by atoms with Crippen LogP contribution in [0.15, 0.2) is 12.1 Å². The van der Waals surface area contributed by atoms with Gasteiger partial charge in [0, 0.05) is 31.6 Å². The van der Waals surface area contributed by atoms with Crippen molar-refractivity contribution in [1.82, 2.24) is 4.90 Å². The number of carbonyl (C=O) groups is 3. The number of nitrogen functional groups attached to an aromatic ring is 1. The topological polar surface area (TPSA) is 117 Å². The van der Waals surface area contributed by atoms with Gasteiger partial charge in [0.1, 0.15) is 6.61 Å². The molecule has 190 valence electrons. The molecule has 2 N–H and O–H groups in total. The summed E-state index contributed by atoms with van der Waals surface area (Å²) in [5.74, 6) is 0.148. The van der Waals surface area contributed by atoms with Crippen molar-refractivity contribution in [2.75, 3.05) is 39.2 Å². The predicted molar refractivity (Wildman–Crippen MR) is 128 cm³/mol. The van der Waals surface area contributed by atoms with Crippen LogP contribution in [0.25, 0.3) is 0 Å². The van der Waals surface area contributed by atoms with E-state index >= 15 is 0 Å². The fourth-order valence-corrected chi connectivity index (χ4v) is 3.81. The monoisotopic (exact) mass is 478 g/mol. The fraction of sp³-hybridized carbons (Fsp3) is 0.640. The number of benzene rings is 1. The maximum absolute atomic E-state index is 13.1. The molecule has 34 heavy (non-hydrogen) atoms. The number of likely N-dealkylation sites (tertiary alicyclic amines) is 1. The van der Waals surface area contributed by atoms with Gasteiger partial charge in [0.25, 0.3) is 5.91 Å². The van der Waals surface area contributed by atoms with Gasteiger partial charge in [-0.2, -0.15) is 0 Å². The Hall–Kier alpha value is -2.97. The van der Waals surface area contributed by atoms with Crippen LogP contribution in [0.1, 0.15) is 75.6 Å². The van der Waals surface area contributed by atoms with Crippen LogP contribution in [0.5, 0.6) is 11.5 Å². The minimum atomic E-state index is -0.367.